The Morgan fingerprint density at radius 3 is 1.37 bits per heavy atom. The Morgan fingerprint density at radius 2 is 1.05 bits per heavy atom. The molecule has 0 atom stereocenters. The average molecular weight is 257 g/mol. The van der Waals surface area contributed by atoms with Crippen LogP contribution in [0.1, 0.15) is 0 Å². The van der Waals surface area contributed by atoms with Crippen LogP contribution >= 0.6 is 0 Å². The van der Waals surface area contributed by atoms with E-state index in [4.69, 9.17) is 9.47 Å². The summed E-state index contributed by atoms with van der Waals surface area (Å²) in [4.78, 5) is 0. The van der Waals surface area contributed by atoms with Gasteiger partial charge >= 0.3 is 0 Å². The van der Waals surface area contributed by atoms with Gasteiger partial charge in [0.05, 0.1) is 14.2 Å². The van der Waals surface area contributed by atoms with Crippen molar-refractivity contribution in [2.24, 2.45) is 0 Å². The molecule has 2 N–H and O–H groups in total. The van der Waals surface area contributed by atoms with Gasteiger partial charge in [0.15, 0.2) is 0 Å². The zero-order chi connectivity index (χ0) is 13.5. The topological polar surface area (TPSA) is 42.5 Å². The van der Waals surface area contributed by atoms with Crippen LogP contribution in [-0.2, 0) is 0 Å². The van der Waals surface area contributed by atoms with Crippen molar-refractivity contribution < 1.29 is 9.47 Å². The first-order valence-electron chi connectivity index (χ1n) is 5.94. The number of hydrogen-bond acceptors (Lipinski definition) is 4. The van der Waals surface area contributed by atoms with E-state index >= 15 is 0 Å². The van der Waals surface area contributed by atoms with Crippen LogP contribution in [0.25, 0.3) is 0 Å². The summed E-state index contributed by atoms with van der Waals surface area (Å²) in [5.41, 5.74) is 1.98. The largest absolute Gasteiger partial charge is 0.497 e. The van der Waals surface area contributed by atoms with Gasteiger partial charge in [0.25, 0.3) is 0 Å². The lowest BCUT2D eigenvalue weighted by molar-refractivity contribution is 0.415. The fourth-order valence-corrected chi connectivity index (χ4v) is 1.58. The van der Waals surface area contributed by atoms with Crippen LogP contribution in [0.2, 0.25) is 0 Å². The number of hydrogen-bond donors (Lipinski definition) is 2. The smallest absolute Gasteiger partial charge is 0.136 e. The van der Waals surface area contributed by atoms with Gasteiger partial charge in [0.2, 0.25) is 0 Å². The molecule has 0 aliphatic heterocycles. The normalized spacial score (nSPS) is 9.79. The highest BCUT2D eigenvalue weighted by Gasteiger charge is 1.95. The van der Waals surface area contributed by atoms with Crippen LogP contribution in [0.4, 0.5) is 11.4 Å². The summed E-state index contributed by atoms with van der Waals surface area (Å²) in [7, 11) is 3.31. The third kappa shape index (κ3) is 3.81. The van der Waals surface area contributed by atoms with Gasteiger partial charge in [-0.05, 0) is 48.5 Å². The van der Waals surface area contributed by atoms with Crippen LogP contribution in [0.15, 0.2) is 48.5 Å². The van der Waals surface area contributed by atoms with E-state index in [1.165, 1.54) is 0 Å². The molecule has 0 bridgehead atoms. The molecule has 1 radical (unpaired) electrons. The molecule has 2 aromatic rings. The number of rotatable bonds is 6. The summed E-state index contributed by atoms with van der Waals surface area (Å²) >= 11 is 0. The van der Waals surface area contributed by atoms with Gasteiger partial charge in [0.1, 0.15) is 18.2 Å². The molecular weight excluding hydrogens is 240 g/mol. The molecule has 2 aromatic carbocycles. The van der Waals surface area contributed by atoms with Crippen molar-refractivity contribution in [2.75, 3.05) is 24.9 Å². The second kappa shape index (κ2) is 6.54. The van der Waals surface area contributed by atoms with E-state index < -0.39 is 0 Å². The summed E-state index contributed by atoms with van der Waals surface area (Å²) in [6, 6.07) is 15.4. The van der Waals surface area contributed by atoms with E-state index in [0.717, 1.165) is 22.9 Å². The SMILES string of the molecule is COc1ccc(N[CH]Nc2ccc(OC)cc2)cc1. The molecule has 0 unspecified atom stereocenters. The van der Waals surface area contributed by atoms with Gasteiger partial charge in [-0.3, -0.25) is 0 Å². The molecule has 4 nitrogen and oxygen atoms in total. The predicted octanol–water partition coefficient (Wildman–Crippen LogP) is 3.35. The number of nitrogens with one attached hydrogen (secondary N) is 2. The van der Waals surface area contributed by atoms with E-state index in [1.807, 2.05) is 48.5 Å². The van der Waals surface area contributed by atoms with E-state index in [0.29, 0.717) is 0 Å². The van der Waals surface area contributed by atoms with Crippen LogP contribution in [0, 0.1) is 6.67 Å². The first-order chi connectivity index (χ1) is 9.31. The molecule has 0 amide bonds. The molecule has 0 spiro atoms. The second-order valence-corrected chi connectivity index (χ2v) is 3.89. The van der Waals surface area contributed by atoms with E-state index in [1.54, 1.807) is 20.9 Å². The van der Waals surface area contributed by atoms with E-state index in [9.17, 15) is 0 Å². The van der Waals surface area contributed by atoms with Crippen molar-refractivity contribution in [1.29, 1.82) is 0 Å². The van der Waals surface area contributed by atoms with Gasteiger partial charge in [0, 0.05) is 11.4 Å². The zero-order valence-electron chi connectivity index (χ0n) is 11.0. The van der Waals surface area contributed by atoms with Crippen LogP contribution in [-0.4, -0.2) is 14.2 Å². The Hall–Kier alpha value is -2.36. The van der Waals surface area contributed by atoms with Gasteiger partial charge in [-0.15, -0.1) is 0 Å². The molecule has 0 heterocycles. The monoisotopic (exact) mass is 257 g/mol. The Morgan fingerprint density at radius 1 is 0.684 bits per heavy atom. The average Bonchev–Trinajstić information content (AvgIpc) is 2.49. The zero-order valence-corrected chi connectivity index (χ0v) is 11.0. The first kappa shape index (κ1) is 13.1. The lowest BCUT2D eigenvalue weighted by atomic mass is 10.3. The second-order valence-electron chi connectivity index (χ2n) is 3.89. The van der Waals surface area contributed by atoms with Gasteiger partial charge in [-0.1, -0.05) is 0 Å². The summed E-state index contributed by atoms with van der Waals surface area (Å²) in [5, 5.41) is 6.30. The van der Waals surface area contributed by atoms with Crippen molar-refractivity contribution in [3.05, 3.63) is 55.2 Å². The van der Waals surface area contributed by atoms with E-state index in [-0.39, 0.29) is 0 Å². The predicted molar refractivity (Wildman–Crippen MR) is 77.5 cm³/mol. The summed E-state index contributed by atoms with van der Waals surface area (Å²) in [5.74, 6) is 1.68. The maximum absolute atomic E-state index is 5.10. The Bertz CT molecular complexity index is 447. The standard InChI is InChI=1S/C15H17N2O2/c1-18-14-7-3-12(4-8-14)16-11-17-13-5-9-15(19-2)10-6-13/h3-11,16-17H,1-2H3. The molecule has 0 aliphatic carbocycles. The van der Waals surface area contributed by atoms with Gasteiger partial charge in [-0.25, -0.2) is 0 Å². The quantitative estimate of drug-likeness (QED) is 0.832. The van der Waals surface area contributed by atoms with Crippen LogP contribution in [0.5, 0.6) is 11.5 Å². The highest BCUT2D eigenvalue weighted by atomic mass is 16.5. The minimum atomic E-state index is 0.841. The number of methoxy groups -OCH3 is 2. The van der Waals surface area contributed by atoms with Gasteiger partial charge < -0.3 is 20.1 Å². The van der Waals surface area contributed by atoms with Crippen molar-refractivity contribution in [2.45, 2.75) is 0 Å². The minimum Gasteiger partial charge on any atom is -0.497 e. The maximum Gasteiger partial charge on any atom is 0.136 e. The fourth-order valence-electron chi connectivity index (χ4n) is 1.58. The molecule has 2 rings (SSSR count). The molecule has 4 heteroatoms. The van der Waals surface area contributed by atoms with Crippen molar-refractivity contribution in [3.63, 3.8) is 0 Å². The van der Waals surface area contributed by atoms with E-state index in [2.05, 4.69) is 10.6 Å². The highest BCUT2D eigenvalue weighted by molar-refractivity contribution is 5.52. The third-order valence-electron chi connectivity index (χ3n) is 2.66. The fraction of sp³-hybridized carbons (Fsp3) is 0.133. The molecule has 19 heavy (non-hydrogen) atoms. The Kier molecular flexibility index (Phi) is 4.50. The Labute approximate surface area is 113 Å². The highest BCUT2D eigenvalue weighted by Crippen LogP contribution is 2.17. The van der Waals surface area contributed by atoms with Crippen LogP contribution < -0.4 is 20.1 Å². The summed E-state index contributed by atoms with van der Waals surface area (Å²) < 4.78 is 10.2. The molecule has 0 fully saturated rings. The number of ether oxygens (including phenoxy) is 2. The lowest BCUT2D eigenvalue weighted by Gasteiger charge is -2.09. The molecular formula is C15H17N2O2. The van der Waals surface area contributed by atoms with Crippen molar-refractivity contribution >= 4 is 11.4 Å². The van der Waals surface area contributed by atoms with Crippen LogP contribution in [0.3, 0.4) is 0 Å². The Balaban J connectivity index is 1.81. The molecule has 0 saturated heterocycles. The van der Waals surface area contributed by atoms with Gasteiger partial charge in [-0.2, -0.15) is 0 Å². The summed E-state index contributed by atoms with van der Waals surface area (Å²) in [6.45, 7) is 1.78. The maximum atomic E-state index is 5.10. The van der Waals surface area contributed by atoms with Crippen molar-refractivity contribution in [1.82, 2.24) is 0 Å². The lowest BCUT2D eigenvalue weighted by Crippen LogP contribution is -2.04. The molecule has 0 aromatic heterocycles. The number of benzene rings is 2. The molecule has 0 aliphatic rings. The van der Waals surface area contributed by atoms with Crippen molar-refractivity contribution in [3.8, 4) is 11.5 Å². The molecule has 0 saturated carbocycles. The number of anilines is 2. The first-order valence-corrected chi connectivity index (χ1v) is 5.94. The third-order valence-corrected chi connectivity index (χ3v) is 2.66. The molecule has 99 valence electrons. The minimum absolute atomic E-state index is 0.841. The summed E-state index contributed by atoms with van der Waals surface area (Å²) in [6.07, 6.45) is 0.